The van der Waals surface area contributed by atoms with Crippen molar-refractivity contribution in [3.63, 3.8) is 0 Å². The van der Waals surface area contributed by atoms with Crippen LogP contribution in [0, 0.1) is 0 Å². The van der Waals surface area contributed by atoms with Crippen molar-refractivity contribution >= 4 is 0 Å². The van der Waals surface area contributed by atoms with E-state index in [4.69, 9.17) is 10.8 Å². The van der Waals surface area contributed by atoms with Gasteiger partial charge in [-0.15, -0.1) is 0 Å². The monoisotopic (exact) mass is 248 g/mol. The fraction of sp³-hybridized carbons (Fsp3) is 0.600. The van der Waals surface area contributed by atoms with Crippen molar-refractivity contribution in [2.24, 2.45) is 5.73 Å². The number of aryl methyl sites for hydroxylation is 1. The highest BCUT2D eigenvalue weighted by Crippen LogP contribution is 2.34. The molecular weight excluding hydrogens is 224 g/mol. The molecule has 4 N–H and O–H groups in total. The summed E-state index contributed by atoms with van der Waals surface area (Å²) in [6, 6.07) is 8.63. The lowest BCUT2D eigenvalue weighted by atomic mass is 9.76. The fourth-order valence-electron chi connectivity index (χ4n) is 2.95. The van der Waals surface area contributed by atoms with Crippen LogP contribution in [0.1, 0.15) is 36.8 Å². The molecule has 1 aliphatic carbocycles. The summed E-state index contributed by atoms with van der Waals surface area (Å²) in [6.45, 7) is 1.84. The summed E-state index contributed by atoms with van der Waals surface area (Å²) in [5.41, 5.74) is 8.82. The Kier molecular flexibility index (Phi) is 4.75. The number of unbranched alkanes of at least 4 members (excludes halogenated alkanes) is 1. The molecule has 1 unspecified atom stereocenters. The van der Waals surface area contributed by atoms with Crippen LogP contribution in [-0.4, -0.2) is 24.8 Å². The van der Waals surface area contributed by atoms with Gasteiger partial charge in [0.1, 0.15) is 0 Å². The Morgan fingerprint density at radius 1 is 1.28 bits per heavy atom. The van der Waals surface area contributed by atoms with Crippen molar-refractivity contribution in [1.82, 2.24) is 5.32 Å². The van der Waals surface area contributed by atoms with Gasteiger partial charge < -0.3 is 16.2 Å². The molecule has 0 saturated heterocycles. The summed E-state index contributed by atoms with van der Waals surface area (Å²) in [5, 5.41) is 12.5. The Labute approximate surface area is 109 Å². The Morgan fingerprint density at radius 3 is 2.89 bits per heavy atom. The van der Waals surface area contributed by atoms with Gasteiger partial charge in [0.2, 0.25) is 0 Å². The minimum absolute atomic E-state index is 0.0513. The largest absolute Gasteiger partial charge is 0.396 e. The van der Waals surface area contributed by atoms with Crippen molar-refractivity contribution in [2.45, 2.75) is 37.6 Å². The summed E-state index contributed by atoms with van der Waals surface area (Å²) >= 11 is 0. The summed E-state index contributed by atoms with van der Waals surface area (Å²) < 4.78 is 0. The molecule has 0 heterocycles. The van der Waals surface area contributed by atoms with Crippen molar-refractivity contribution in [1.29, 1.82) is 0 Å². The average molecular weight is 248 g/mol. The highest BCUT2D eigenvalue weighted by molar-refractivity contribution is 5.36. The first-order valence-electron chi connectivity index (χ1n) is 6.97. The van der Waals surface area contributed by atoms with Crippen molar-refractivity contribution in [3.05, 3.63) is 35.4 Å². The minimum atomic E-state index is -0.0513. The number of aliphatic hydroxyl groups is 1. The van der Waals surface area contributed by atoms with Gasteiger partial charge in [0.15, 0.2) is 0 Å². The Morgan fingerprint density at radius 2 is 2.11 bits per heavy atom. The zero-order valence-electron chi connectivity index (χ0n) is 11.0. The molecule has 1 atom stereocenters. The van der Waals surface area contributed by atoms with Gasteiger partial charge in [0, 0.05) is 13.2 Å². The maximum atomic E-state index is 8.83. The van der Waals surface area contributed by atoms with Crippen LogP contribution in [0.25, 0.3) is 0 Å². The number of nitrogens with one attached hydrogen (secondary N) is 1. The van der Waals surface area contributed by atoms with Crippen LogP contribution in [0.4, 0.5) is 0 Å². The van der Waals surface area contributed by atoms with Crippen LogP contribution in [0.3, 0.4) is 0 Å². The quantitative estimate of drug-likeness (QED) is 0.669. The van der Waals surface area contributed by atoms with Gasteiger partial charge in [-0.1, -0.05) is 24.3 Å². The number of hydrogen-bond acceptors (Lipinski definition) is 3. The smallest absolute Gasteiger partial charge is 0.0561 e. The minimum Gasteiger partial charge on any atom is -0.396 e. The van der Waals surface area contributed by atoms with E-state index in [1.807, 2.05) is 0 Å². The molecule has 0 fully saturated rings. The van der Waals surface area contributed by atoms with E-state index < -0.39 is 0 Å². The highest BCUT2D eigenvalue weighted by atomic mass is 16.2. The molecule has 0 spiro atoms. The molecular formula is C15H24N2O. The maximum absolute atomic E-state index is 8.83. The number of aliphatic hydroxyl groups excluding tert-OH is 1. The number of rotatable bonds is 6. The predicted molar refractivity (Wildman–Crippen MR) is 74.4 cm³/mol. The molecule has 0 bridgehead atoms. The molecule has 0 aliphatic heterocycles. The second kappa shape index (κ2) is 6.32. The second-order valence-electron chi connectivity index (χ2n) is 5.15. The highest BCUT2D eigenvalue weighted by Gasteiger charge is 2.34. The van der Waals surface area contributed by atoms with Crippen LogP contribution in [0.5, 0.6) is 0 Å². The third kappa shape index (κ3) is 2.74. The number of fused-ring (bicyclic) bond motifs is 1. The van der Waals surface area contributed by atoms with E-state index in [1.54, 1.807) is 0 Å². The number of hydrogen-bond donors (Lipinski definition) is 3. The van der Waals surface area contributed by atoms with E-state index >= 15 is 0 Å². The molecule has 1 aromatic rings. The van der Waals surface area contributed by atoms with Crippen molar-refractivity contribution in [2.75, 3.05) is 19.7 Å². The molecule has 0 radical (unpaired) electrons. The Balaban J connectivity index is 2.12. The molecule has 3 nitrogen and oxygen atoms in total. The second-order valence-corrected chi connectivity index (χ2v) is 5.15. The topological polar surface area (TPSA) is 58.3 Å². The summed E-state index contributed by atoms with van der Waals surface area (Å²) in [7, 11) is 0. The molecule has 100 valence electrons. The maximum Gasteiger partial charge on any atom is 0.0561 e. The molecule has 0 aromatic heterocycles. The van der Waals surface area contributed by atoms with Crippen LogP contribution in [0.15, 0.2) is 24.3 Å². The van der Waals surface area contributed by atoms with E-state index in [9.17, 15) is 0 Å². The normalized spacial score (nSPS) is 22.8. The van der Waals surface area contributed by atoms with Crippen LogP contribution in [-0.2, 0) is 12.0 Å². The molecule has 1 aliphatic rings. The van der Waals surface area contributed by atoms with Gasteiger partial charge in [-0.05, 0) is 49.8 Å². The zero-order valence-corrected chi connectivity index (χ0v) is 11.0. The van der Waals surface area contributed by atoms with Gasteiger partial charge in [0.05, 0.1) is 5.54 Å². The molecule has 18 heavy (non-hydrogen) atoms. The third-order valence-electron chi connectivity index (χ3n) is 3.98. The van der Waals surface area contributed by atoms with Gasteiger partial charge in [0.25, 0.3) is 0 Å². The lowest BCUT2D eigenvalue weighted by molar-refractivity contribution is 0.264. The summed E-state index contributed by atoms with van der Waals surface area (Å²) in [4.78, 5) is 0. The molecule has 0 saturated carbocycles. The standard InChI is InChI=1S/C15H24N2O/c16-12-15(17-10-3-4-11-18)9-5-7-13-6-1-2-8-14(13)15/h1-2,6,8,17-18H,3-5,7,9-12,16H2. The van der Waals surface area contributed by atoms with E-state index in [-0.39, 0.29) is 12.1 Å². The summed E-state index contributed by atoms with van der Waals surface area (Å²) in [6.07, 6.45) is 5.33. The van der Waals surface area contributed by atoms with Gasteiger partial charge >= 0.3 is 0 Å². The third-order valence-corrected chi connectivity index (χ3v) is 3.98. The van der Waals surface area contributed by atoms with Crippen LogP contribution < -0.4 is 11.1 Å². The first-order valence-corrected chi connectivity index (χ1v) is 6.97. The number of nitrogens with two attached hydrogens (primary N) is 1. The van der Waals surface area contributed by atoms with Crippen molar-refractivity contribution < 1.29 is 5.11 Å². The summed E-state index contributed by atoms with van der Waals surface area (Å²) in [5.74, 6) is 0. The van der Waals surface area contributed by atoms with Crippen LogP contribution >= 0.6 is 0 Å². The van der Waals surface area contributed by atoms with E-state index in [0.29, 0.717) is 6.54 Å². The van der Waals surface area contributed by atoms with Gasteiger partial charge in [-0.25, -0.2) is 0 Å². The average Bonchev–Trinajstić information content (AvgIpc) is 2.44. The van der Waals surface area contributed by atoms with E-state index in [0.717, 1.165) is 32.2 Å². The molecule has 0 amide bonds. The zero-order chi connectivity index (χ0) is 12.8. The molecule has 1 aromatic carbocycles. The Bertz CT molecular complexity index is 381. The SMILES string of the molecule is NCC1(NCCCCO)CCCc2ccccc21. The van der Waals surface area contributed by atoms with Gasteiger partial charge in [-0.2, -0.15) is 0 Å². The van der Waals surface area contributed by atoms with E-state index in [2.05, 4.69) is 29.6 Å². The lowest BCUT2D eigenvalue weighted by Gasteiger charge is -2.39. The van der Waals surface area contributed by atoms with E-state index in [1.165, 1.54) is 17.5 Å². The lowest BCUT2D eigenvalue weighted by Crippen LogP contribution is -2.50. The fourth-order valence-corrected chi connectivity index (χ4v) is 2.95. The molecule has 2 rings (SSSR count). The van der Waals surface area contributed by atoms with Gasteiger partial charge in [-0.3, -0.25) is 0 Å². The molecule has 3 heteroatoms. The Hall–Kier alpha value is -0.900. The first kappa shape index (κ1) is 13.5. The predicted octanol–water partition coefficient (Wildman–Crippen LogP) is 1.54. The van der Waals surface area contributed by atoms with Crippen LogP contribution in [0.2, 0.25) is 0 Å². The van der Waals surface area contributed by atoms with Crippen molar-refractivity contribution in [3.8, 4) is 0 Å². The first-order chi connectivity index (χ1) is 8.82. The number of benzene rings is 1.